The number of alkyl halides is 3. The van der Waals surface area contributed by atoms with E-state index in [4.69, 9.17) is 23.2 Å². The van der Waals surface area contributed by atoms with Crippen LogP contribution in [0.3, 0.4) is 0 Å². The standard InChI is InChI=1S/C17H10Cl2F4N4O/c18-12-6-5-11(7-13(12)19)27-15(17(21,22)23)14(8-24-27)26-16(28)25-10-3-1-9(20)2-4-10/h1-8H,(H2,25,26,28). The van der Waals surface area contributed by atoms with Crippen molar-refractivity contribution in [3.05, 3.63) is 70.2 Å². The van der Waals surface area contributed by atoms with Crippen molar-refractivity contribution < 1.29 is 22.4 Å². The fourth-order valence-electron chi connectivity index (χ4n) is 2.34. The summed E-state index contributed by atoms with van der Waals surface area (Å²) in [4.78, 5) is 12.0. The third-order valence-electron chi connectivity index (χ3n) is 3.54. The van der Waals surface area contributed by atoms with E-state index >= 15 is 0 Å². The Morgan fingerprint density at radius 2 is 1.68 bits per heavy atom. The summed E-state index contributed by atoms with van der Waals surface area (Å²) in [6, 6.07) is 7.61. The maximum Gasteiger partial charge on any atom is 0.435 e. The zero-order valence-electron chi connectivity index (χ0n) is 13.7. The maximum atomic E-state index is 13.6. The number of nitrogens with zero attached hydrogens (tertiary/aromatic N) is 2. The lowest BCUT2D eigenvalue weighted by Crippen LogP contribution is -2.22. The molecule has 0 atom stereocenters. The van der Waals surface area contributed by atoms with Gasteiger partial charge in [0.25, 0.3) is 0 Å². The molecular weight excluding hydrogens is 423 g/mol. The molecule has 0 saturated heterocycles. The van der Waals surface area contributed by atoms with Crippen LogP contribution < -0.4 is 10.6 Å². The number of hydrogen-bond acceptors (Lipinski definition) is 2. The molecule has 1 aromatic heterocycles. The number of anilines is 2. The molecule has 0 fully saturated rings. The zero-order chi connectivity index (χ0) is 20.5. The minimum absolute atomic E-state index is 0.00807. The summed E-state index contributed by atoms with van der Waals surface area (Å²) in [5, 5.41) is 8.31. The average Bonchev–Trinajstić information content (AvgIpc) is 3.03. The molecular formula is C17H10Cl2F4N4O. The second-order valence-electron chi connectivity index (χ2n) is 5.50. The van der Waals surface area contributed by atoms with Crippen LogP contribution in [0.2, 0.25) is 10.0 Å². The van der Waals surface area contributed by atoms with E-state index in [2.05, 4.69) is 15.7 Å². The first-order valence-electron chi connectivity index (χ1n) is 7.59. The van der Waals surface area contributed by atoms with Crippen LogP contribution in [-0.2, 0) is 6.18 Å². The van der Waals surface area contributed by atoms with E-state index < -0.39 is 29.4 Å². The van der Waals surface area contributed by atoms with Gasteiger partial charge in [0, 0.05) is 5.69 Å². The first-order valence-corrected chi connectivity index (χ1v) is 8.35. The Bertz CT molecular complexity index is 1020. The predicted molar refractivity (Wildman–Crippen MR) is 97.6 cm³/mol. The zero-order valence-corrected chi connectivity index (χ0v) is 15.2. The van der Waals surface area contributed by atoms with E-state index in [1.807, 2.05) is 0 Å². The summed E-state index contributed by atoms with van der Waals surface area (Å²) in [6.07, 6.45) is -3.98. The molecule has 28 heavy (non-hydrogen) atoms. The van der Waals surface area contributed by atoms with Gasteiger partial charge in [0.2, 0.25) is 0 Å². The average molecular weight is 433 g/mol. The summed E-state index contributed by atoms with van der Waals surface area (Å²) >= 11 is 11.6. The highest BCUT2D eigenvalue weighted by atomic mass is 35.5. The highest BCUT2D eigenvalue weighted by Gasteiger charge is 2.39. The van der Waals surface area contributed by atoms with E-state index in [1.54, 1.807) is 0 Å². The van der Waals surface area contributed by atoms with E-state index in [9.17, 15) is 22.4 Å². The number of aromatic nitrogens is 2. The van der Waals surface area contributed by atoms with E-state index in [0.717, 1.165) is 18.3 Å². The van der Waals surface area contributed by atoms with Crippen LogP contribution in [0.25, 0.3) is 5.69 Å². The van der Waals surface area contributed by atoms with Crippen molar-refractivity contribution in [2.24, 2.45) is 0 Å². The molecule has 0 aliphatic heterocycles. The van der Waals surface area contributed by atoms with Crippen molar-refractivity contribution in [3.8, 4) is 5.69 Å². The predicted octanol–water partition coefficient (Wildman–Crippen LogP) is 5.98. The van der Waals surface area contributed by atoms with Crippen LogP contribution >= 0.6 is 23.2 Å². The van der Waals surface area contributed by atoms with Crippen LogP contribution in [0.5, 0.6) is 0 Å². The molecule has 0 unspecified atom stereocenters. The molecule has 0 bridgehead atoms. The number of hydrogen-bond donors (Lipinski definition) is 2. The molecule has 0 saturated carbocycles. The molecule has 2 amide bonds. The first-order chi connectivity index (χ1) is 13.1. The van der Waals surface area contributed by atoms with Gasteiger partial charge in [0.1, 0.15) is 5.82 Å². The van der Waals surface area contributed by atoms with Crippen LogP contribution in [0.15, 0.2) is 48.7 Å². The number of amides is 2. The molecule has 146 valence electrons. The van der Waals surface area contributed by atoms with Gasteiger partial charge in [-0.15, -0.1) is 0 Å². The second-order valence-corrected chi connectivity index (χ2v) is 6.32. The Morgan fingerprint density at radius 1 is 1.00 bits per heavy atom. The van der Waals surface area contributed by atoms with Crippen molar-refractivity contribution in [2.75, 3.05) is 10.6 Å². The lowest BCUT2D eigenvalue weighted by Gasteiger charge is -2.14. The largest absolute Gasteiger partial charge is 0.435 e. The molecule has 11 heteroatoms. The number of halogens is 6. The normalized spacial score (nSPS) is 11.4. The van der Waals surface area contributed by atoms with Gasteiger partial charge < -0.3 is 10.6 Å². The van der Waals surface area contributed by atoms with E-state index in [1.165, 1.54) is 30.3 Å². The molecule has 0 aliphatic rings. The van der Waals surface area contributed by atoms with Gasteiger partial charge >= 0.3 is 12.2 Å². The summed E-state index contributed by atoms with van der Waals surface area (Å²) in [5.41, 5.74) is -1.57. The van der Waals surface area contributed by atoms with Crippen molar-refractivity contribution >= 4 is 40.6 Å². The van der Waals surface area contributed by atoms with Crippen molar-refractivity contribution in [1.82, 2.24) is 9.78 Å². The van der Waals surface area contributed by atoms with Crippen LogP contribution in [-0.4, -0.2) is 15.8 Å². The Kier molecular flexibility index (Phi) is 5.48. The minimum Gasteiger partial charge on any atom is -0.308 e. The Hall–Kier alpha value is -2.78. The van der Waals surface area contributed by atoms with Crippen LogP contribution in [0, 0.1) is 5.82 Å². The lowest BCUT2D eigenvalue weighted by molar-refractivity contribution is -0.142. The minimum atomic E-state index is -4.83. The molecule has 3 rings (SSSR count). The third kappa shape index (κ3) is 4.37. The number of benzene rings is 2. The number of carbonyl (C=O) groups excluding carboxylic acids is 1. The van der Waals surface area contributed by atoms with Crippen LogP contribution in [0.1, 0.15) is 5.69 Å². The molecule has 0 aliphatic carbocycles. The maximum absolute atomic E-state index is 13.6. The smallest absolute Gasteiger partial charge is 0.308 e. The Morgan fingerprint density at radius 3 is 2.29 bits per heavy atom. The number of carbonyl (C=O) groups is 1. The van der Waals surface area contributed by atoms with E-state index in [0.29, 0.717) is 4.68 Å². The van der Waals surface area contributed by atoms with Gasteiger partial charge in [-0.05, 0) is 42.5 Å². The Balaban J connectivity index is 1.91. The Labute approximate surface area is 165 Å². The summed E-state index contributed by atoms with van der Waals surface area (Å²) < 4.78 is 54.3. The molecule has 2 aromatic carbocycles. The quantitative estimate of drug-likeness (QED) is 0.500. The third-order valence-corrected chi connectivity index (χ3v) is 4.27. The number of nitrogens with one attached hydrogen (secondary N) is 2. The topological polar surface area (TPSA) is 59.0 Å². The lowest BCUT2D eigenvalue weighted by atomic mass is 10.3. The van der Waals surface area contributed by atoms with Gasteiger partial charge in [0.05, 0.1) is 27.6 Å². The fraction of sp³-hybridized carbons (Fsp3) is 0.0588. The van der Waals surface area contributed by atoms with Gasteiger partial charge in [0.15, 0.2) is 5.69 Å². The SMILES string of the molecule is O=C(Nc1ccc(F)cc1)Nc1cnn(-c2ccc(Cl)c(Cl)c2)c1C(F)(F)F. The first kappa shape index (κ1) is 20.0. The number of urea groups is 1. The molecule has 1 heterocycles. The fourth-order valence-corrected chi connectivity index (χ4v) is 2.64. The summed E-state index contributed by atoms with van der Waals surface area (Å²) in [6.45, 7) is 0. The van der Waals surface area contributed by atoms with Gasteiger partial charge in [-0.1, -0.05) is 23.2 Å². The van der Waals surface area contributed by atoms with Crippen molar-refractivity contribution in [2.45, 2.75) is 6.18 Å². The summed E-state index contributed by atoms with van der Waals surface area (Å²) in [5.74, 6) is -0.520. The summed E-state index contributed by atoms with van der Waals surface area (Å²) in [7, 11) is 0. The second kappa shape index (κ2) is 7.69. The molecule has 0 spiro atoms. The van der Waals surface area contributed by atoms with Gasteiger partial charge in [-0.2, -0.15) is 18.3 Å². The molecule has 0 radical (unpaired) electrons. The van der Waals surface area contributed by atoms with E-state index in [-0.39, 0.29) is 21.4 Å². The van der Waals surface area contributed by atoms with Gasteiger partial charge in [-0.25, -0.2) is 13.9 Å². The number of rotatable bonds is 3. The molecule has 2 N–H and O–H groups in total. The highest BCUT2D eigenvalue weighted by Crippen LogP contribution is 2.37. The van der Waals surface area contributed by atoms with Crippen LogP contribution in [0.4, 0.5) is 33.7 Å². The highest BCUT2D eigenvalue weighted by molar-refractivity contribution is 6.42. The molecule has 3 aromatic rings. The monoisotopic (exact) mass is 432 g/mol. The van der Waals surface area contributed by atoms with Crippen molar-refractivity contribution in [1.29, 1.82) is 0 Å². The van der Waals surface area contributed by atoms with Crippen molar-refractivity contribution in [3.63, 3.8) is 0 Å². The van der Waals surface area contributed by atoms with Gasteiger partial charge in [-0.3, -0.25) is 0 Å². The molecule has 5 nitrogen and oxygen atoms in total.